The minimum atomic E-state index is -6.62. The Morgan fingerprint density at radius 2 is 1.47 bits per heavy atom. The fraction of sp³-hybridized carbons (Fsp3) is 0.857. The van der Waals surface area contributed by atoms with Gasteiger partial charge in [-0.2, -0.15) is 43.9 Å². The van der Waals surface area contributed by atoms with Crippen LogP contribution in [0.15, 0.2) is 0 Å². The second-order valence-corrected chi connectivity index (χ2v) is 7.15. The highest BCUT2D eigenvalue weighted by atomic mass is 32.2. The topological polar surface area (TPSA) is 102 Å². The molecule has 18 heteroatoms. The van der Waals surface area contributed by atoms with Gasteiger partial charge >= 0.3 is 42.1 Å². The van der Waals surface area contributed by atoms with Crippen LogP contribution in [0.25, 0.3) is 0 Å². The molecular weight excluding hydrogens is 502 g/mol. The van der Waals surface area contributed by atoms with Gasteiger partial charge in [0.15, 0.2) is 0 Å². The first-order valence-electron chi connectivity index (χ1n) is 8.02. The SMILES string of the molecule is COC(F)(C(F)(F)F)C(F)(F)OC(F)(COCCCSC(CC(=O)O)C(=O)O)C(F)(F)F. The number of carbonyl (C=O) groups is 2. The Balaban J connectivity index is 5.12. The Hall–Kier alpha value is -1.53. The molecule has 0 rings (SSSR count). The molecule has 190 valence electrons. The standard InChI is InChI=1S/C14H16F10O7S/c1-29-11(16,13(20,21)22)14(23,24)31-10(15,12(17,18)19)6-30-3-2-4-32-7(9(27)28)5-8(25)26/h7H,2-6H2,1H3,(H,25,26)(H,27,28). The van der Waals surface area contributed by atoms with Crippen LogP contribution in [0.1, 0.15) is 12.8 Å². The molecule has 2 N–H and O–H groups in total. The quantitative estimate of drug-likeness (QED) is 0.265. The first kappa shape index (κ1) is 30.5. The van der Waals surface area contributed by atoms with Crippen molar-refractivity contribution in [2.75, 3.05) is 26.1 Å². The van der Waals surface area contributed by atoms with Gasteiger partial charge in [0.1, 0.15) is 11.9 Å². The van der Waals surface area contributed by atoms with Crippen LogP contribution in [0.2, 0.25) is 0 Å². The van der Waals surface area contributed by atoms with Crippen molar-refractivity contribution in [3.8, 4) is 0 Å². The van der Waals surface area contributed by atoms with Crippen molar-refractivity contribution in [1.29, 1.82) is 0 Å². The molecule has 0 saturated carbocycles. The third kappa shape index (κ3) is 7.80. The Labute approximate surface area is 177 Å². The summed E-state index contributed by atoms with van der Waals surface area (Å²) in [4.78, 5) is 21.3. The van der Waals surface area contributed by atoms with E-state index in [1.807, 2.05) is 0 Å². The number of ether oxygens (including phenoxy) is 3. The van der Waals surface area contributed by atoms with Gasteiger partial charge in [-0.1, -0.05) is 0 Å². The number of hydrogen-bond donors (Lipinski definition) is 2. The maximum absolute atomic E-state index is 14.0. The summed E-state index contributed by atoms with van der Waals surface area (Å²) in [7, 11) is -0.263. The summed E-state index contributed by atoms with van der Waals surface area (Å²) in [6.07, 6.45) is -20.7. The lowest BCUT2D eigenvalue weighted by atomic mass is 10.2. The summed E-state index contributed by atoms with van der Waals surface area (Å²) >= 11 is 0.522. The van der Waals surface area contributed by atoms with Gasteiger partial charge in [0.05, 0.1) is 6.42 Å². The largest absolute Gasteiger partial charge is 0.481 e. The van der Waals surface area contributed by atoms with Gasteiger partial charge in [-0.15, -0.1) is 11.8 Å². The van der Waals surface area contributed by atoms with E-state index in [-0.39, 0.29) is 19.3 Å². The first-order chi connectivity index (χ1) is 14.2. The highest BCUT2D eigenvalue weighted by Crippen LogP contribution is 2.50. The van der Waals surface area contributed by atoms with Gasteiger partial charge in [0, 0.05) is 13.7 Å². The predicted octanol–water partition coefficient (Wildman–Crippen LogP) is 3.77. The van der Waals surface area contributed by atoms with Gasteiger partial charge in [-0.25, -0.2) is 0 Å². The number of rotatable bonds is 14. The van der Waals surface area contributed by atoms with E-state index in [0.29, 0.717) is 11.8 Å². The van der Waals surface area contributed by atoms with Crippen molar-refractivity contribution in [3.63, 3.8) is 0 Å². The molecule has 0 amide bonds. The average Bonchev–Trinajstić information content (AvgIpc) is 2.59. The van der Waals surface area contributed by atoms with E-state index in [1.165, 1.54) is 0 Å². The van der Waals surface area contributed by atoms with Crippen LogP contribution >= 0.6 is 11.8 Å². The van der Waals surface area contributed by atoms with Crippen LogP contribution in [-0.4, -0.2) is 83.6 Å². The van der Waals surface area contributed by atoms with E-state index in [0.717, 1.165) is 0 Å². The lowest BCUT2D eigenvalue weighted by molar-refractivity contribution is -0.503. The van der Waals surface area contributed by atoms with E-state index in [9.17, 15) is 53.5 Å². The zero-order chi connectivity index (χ0) is 25.6. The normalized spacial score (nSPS) is 18.0. The number of aliphatic carboxylic acids is 2. The summed E-state index contributed by atoms with van der Waals surface area (Å²) in [5.74, 6) is -15.0. The minimum absolute atomic E-state index is 0.252. The summed E-state index contributed by atoms with van der Waals surface area (Å²) in [6.45, 7) is -3.31. The molecule has 0 aliphatic rings. The Bertz CT molecular complexity index is 644. The van der Waals surface area contributed by atoms with Gasteiger partial charge in [-0.3, -0.25) is 14.3 Å². The number of hydrogen-bond acceptors (Lipinski definition) is 6. The average molecular weight is 518 g/mol. The molecule has 0 spiro atoms. The molecule has 0 aliphatic heterocycles. The Morgan fingerprint density at radius 3 is 1.84 bits per heavy atom. The molecule has 0 bridgehead atoms. The van der Waals surface area contributed by atoms with E-state index >= 15 is 0 Å². The number of carboxylic acids is 2. The van der Waals surface area contributed by atoms with Gasteiger partial charge in [-0.05, 0) is 12.2 Å². The number of alkyl halides is 10. The summed E-state index contributed by atoms with van der Waals surface area (Å²) in [5, 5.41) is 15.9. The fourth-order valence-electron chi connectivity index (χ4n) is 1.80. The third-order valence-corrected chi connectivity index (χ3v) is 4.70. The molecule has 0 heterocycles. The summed E-state index contributed by atoms with van der Waals surface area (Å²) in [6, 6.07) is 0. The number of methoxy groups -OCH3 is 1. The van der Waals surface area contributed by atoms with Crippen LogP contribution in [0.5, 0.6) is 0 Å². The van der Waals surface area contributed by atoms with E-state index in [1.54, 1.807) is 0 Å². The second-order valence-electron chi connectivity index (χ2n) is 5.84. The molecule has 0 aliphatic carbocycles. The zero-order valence-corrected chi connectivity index (χ0v) is 16.6. The molecule has 3 unspecified atom stereocenters. The minimum Gasteiger partial charge on any atom is -0.481 e. The molecule has 0 aromatic rings. The Kier molecular flexibility index (Phi) is 10.5. The van der Waals surface area contributed by atoms with Crippen molar-refractivity contribution >= 4 is 23.7 Å². The zero-order valence-electron chi connectivity index (χ0n) is 15.7. The molecule has 32 heavy (non-hydrogen) atoms. The van der Waals surface area contributed by atoms with Crippen LogP contribution in [0.3, 0.4) is 0 Å². The van der Waals surface area contributed by atoms with E-state index < -0.39 is 67.0 Å². The molecule has 0 fully saturated rings. The van der Waals surface area contributed by atoms with Crippen molar-refractivity contribution in [2.24, 2.45) is 0 Å². The van der Waals surface area contributed by atoms with Crippen molar-refractivity contribution in [2.45, 2.75) is 48.3 Å². The lowest BCUT2D eigenvalue weighted by Crippen LogP contribution is -2.63. The smallest absolute Gasteiger partial charge is 0.457 e. The summed E-state index contributed by atoms with van der Waals surface area (Å²) < 4.78 is 140. The second kappa shape index (κ2) is 11.1. The van der Waals surface area contributed by atoms with Gasteiger partial charge in [0.2, 0.25) is 0 Å². The van der Waals surface area contributed by atoms with E-state index in [2.05, 4.69) is 14.2 Å². The predicted molar refractivity (Wildman–Crippen MR) is 84.4 cm³/mol. The summed E-state index contributed by atoms with van der Waals surface area (Å²) in [5.41, 5.74) is 0. The monoisotopic (exact) mass is 518 g/mol. The van der Waals surface area contributed by atoms with Crippen molar-refractivity contribution in [1.82, 2.24) is 0 Å². The number of thioether (sulfide) groups is 1. The first-order valence-corrected chi connectivity index (χ1v) is 9.07. The van der Waals surface area contributed by atoms with Gasteiger partial charge < -0.3 is 19.7 Å². The van der Waals surface area contributed by atoms with Crippen LogP contribution in [0.4, 0.5) is 43.9 Å². The molecule has 7 nitrogen and oxygen atoms in total. The van der Waals surface area contributed by atoms with Crippen LogP contribution in [0, 0.1) is 0 Å². The van der Waals surface area contributed by atoms with Gasteiger partial charge in [0.25, 0.3) is 0 Å². The van der Waals surface area contributed by atoms with Crippen LogP contribution in [-0.2, 0) is 23.8 Å². The van der Waals surface area contributed by atoms with Crippen LogP contribution < -0.4 is 0 Å². The number of halogens is 10. The highest BCUT2D eigenvalue weighted by Gasteiger charge is 2.78. The maximum atomic E-state index is 14.0. The van der Waals surface area contributed by atoms with E-state index in [4.69, 9.17) is 10.2 Å². The molecular formula is C14H16F10O7S. The molecule has 0 radical (unpaired) electrons. The maximum Gasteiger partial charge on any atom is 0.457 e. The molecule has 3 atom stereocenters. The van der Waals surface area contributed by atoms with Crippen molar-refractivity contribution in [3.05, 3.63) is 0 Å². The third-order valence-electron chi connectivity index (χ3n) is 3.41. The molecule has 0 aromatic heterocycles. The number of carboxylic acid groups (broad SMARTS) is 2. The molecule has 0 saturated heterocycles. The molecule has 0 aromatic carbocycles. The lowest BCUT2D eigenvalue weighted by Gasteiger charge is -2.37. The van der Waals surface area contributed by atoms with Crippen molar-refractivity contribution < 1.29 is 77.9 Å². The Morgan fingerprint density at radius 1 is 0.938 bits per heavy atom. The highest BCUT2D eigenvalue weighted by molar-refractivity contribution is 8.00. The fourth-order valence-corrected chi connectivity index (χ4v) is 2.78.